The Kier molecular flexibility index (Phi) is 6.91. The monoisotopic (exact) mass is 451 g/mol. The van der Waals surface area contributed by atoms with E-state index in [-0.39, 0.29) is 12.5 Å². The zero-order valence-corrected chi connectivity index (χ0v) is 18.8. The lowest BCUT2D eigenvalue weighted by molar-refractivity contribution is -0.117. The molecule has 1 amide bonds. The molecule has 1 aromatic heterocycles. The Morgan fingerprint density at radius 3 is 2.50 bits per heavy atom. The number of esters is 1. The van der Waals surface area contributed by atoms with Crippen LogP contribution in [0.2, 0.25) is 0 Å². The molecule has 162 valence electrons. The third-order valence-corrected chi connectivity index (χ3v) is 7.91. The number of carbonyl (C=O) groups is 2. The van der Waals surface area contributed by atoms with Crippen molar-refractivity contribution < 1.29 is 22.7 Å². The summed E-state index contributed by atoms with van der Waals surface area (Å²) in [5, 5.41) is 4.44. The molecule has 2 aromatic rings. The second-order valence-electron chi connectivity index (χ2n) is 7.15. The van der Waals surface area contributed by atoms with Gasteiger partial charge in [-0.3, -0.25) is 9.69 Å². The maximum atomic E-state index is 13.0. The van der Waals surface area contributed by atoms with Gasteiger partial charge in [0.05, 0.1) is 24.2 Å². The van der Waals surface area contributed by atoms with E-state index in [4.69, 9.17) is 4.74 Å². The average Bonchev–Trinajstić information content (AvgIpc) is 3.17. The van der Waals surface area contributed by atoms with Gasteiger partial charge in [0, 0.05) is 26.2 Å². The van der Waals surface area contributed by atoms with Gasteiger partial charge in [0.15, 0.2) is 0 Å². The summed E-state index contributed by atoms with van der Waals surface area (Å²) in [6, 6.07) is 7.06. The summed E-state index contributed by atoms with van der Waals surface area (Å²) in [4.78, 5) is 26.7. The number of sulfonamides is 1. The maximum absolute atomic E-state index is 13.0. The maximum Gasteiger partial charge on any atom is 0.350 e. The molecule has 10 heteroatoms. The molecule has 30 heavy (non-hydrogen) atoms. The Hall–Kier alpha value is -2.27. The molecule has 0 bridgehead atoms. The molecule has 1 fully saturated rings. The van der Waals surface area contributed by atoms with Gasteiger partial charge in [-0.05, 0) is 42.5 Å². The first-order chi connectivity index (χ1) is 14.2. The van der Waals surface area contributed by atoms with Crippen molar-refractivity contribution in [1.82, 2.24) is 9.21 Å². The van der Waals surface area contributed by atoms with E-state index in [0.29, 0.717) is 41.6 Å². The fraction of sp³-hybridized carbons (Fsp3) is 0.400. The second-order valence-corrected chi connectivity index (χ2v) is 9.97. The zero-order valence-electron chi connectivity index (χ0n) is 17.2. The first-order valence-corrected chi connectivity index (χ1v) is 11.8. The van der Waals surface area contributed by atoms with Crippen molar-refractivity contribution in [3.05, 3.63) is 45.6 Å². The van der Waals surface area contributed by atoms with Crippen LogP contribution in [0, 0.1) is 13.8 Å². The van der Waals surface area contributed by atoms with Crippen LogP contribution in [0.5, 0.6) is 0 Å². The van der Waals surface area contributed by atoms with E-state index in [1.807, 2.05) is 24.0 Å². The molecule has 3 rings (SSSR count). The summed E-state index contributed by atoms with van der Waals surface area (Å²) in [6.45, 7) is 5.31. The Bertz CT molecular complexity index is 1040. The minimum atomic E-state index is -3.57. The van der Waals surface area contributed by atoms with Crippen LogP contribution in [0.1, 0.15) is 20.8 Å². The van der Waals surface area contributed by atoms with Gasteiger partial charge >= 0.3 is 5.97 Å². The van der Waals surface area contributed by atoms with Crippen molar-refractivity contribution in [2.45, 2.75) is 18.7 Å². The van der Waals surface area contributed by atoms with Crippen LogP contribution in [-0.4, -0.2) is 69.3 Å². The highest BCUT2D eigenvalue weighted by Crippen LogP contribution is 2.24. The third-order valence-electron chi connectivity index (χ3n) is 4.97. The molecule has 8 nitrogen and oxygen atoms in total. The van der Waals surface area contributed by atoms with E-state index in [1.165, 1.54) is 22.8 Å². The van der Waals surface area contributed by atoms with Crippen LogP contribution < -0.4 is 5.32 Å². The minimum absolute atomic E-state index is 0.119. The number of thiophene rings is 1. The van der Waals surface area contributed by atoms with Crippen molar-refractivity contribution >= 4 is 38.9 Å². The number of hydrogen-bond donors (Lipinski definition) is 1. The number of anilines is 1. The molecule has 1 saturated heterocycles. The standard InChI is InChI=1S/C20H25N3O5S2/c1-14-4-5-15(2)17(12-14)30(26,27)23-9-7-22(8-10-23)13-18(24)21-16-6-11-29-19(16)20(25)28-3/h4-6,11-12H,7-10,13H2,1-3H3,(H,21,24). The van der Waals surface area contributed by atoms with Gasteiger partial charge in [-0.25, -0.2) is 13.2 Å². The number of piperazine rings is 1. The molecular weight excluding hydrogens is 426 g/mol. The molecule has 0 aliphatic carbocycles. The first-order valence-electron chi connectivity index (χ1n) is 9.48. The highest BCUT2D eigenvalue weighted by Gasteiger charge is 2.30. The lowest BCUT2D eigenvalue weighted by Gasteiger charge is -2.33. The van der Waals surface area contributed by atoms with Crippen LogP contribution in [0.15, 0.2) is 34.5 Å². The highest BCUT2D eigenvalue weighted by molar-refractivity contribution is 7.89. The summed E-state index contributed by atoms with van der Waals surface area (Å²) in [5.74, 6) is -0.755. The van der Waals surface area contributed by atoms with E-state index >= 15 is 0 Å². The SMILES string of the molecule is COC(=O)c1sccc1NC(=O)CN1CCN(S(=O)(=O)c2cc(C)ccc2C)CC1. The topological polar surface area (TPSA) is 96.0 Å². The number of hydrogen-bond acceptors (Lipinski definition) is 7. The summed E-state index contributed by atoms with van der Waals surface area (Å²) < 4.78 is 32.2. The Morgan fingerprint density at radius 2 is 1.83 bits per heavy atom. The third kappa shape index (κ3) is 4.89. The predicted molar refractivity (Wildman–Crippen MR) is 115 cm³/mol. The van der Waals surface area contributed by atoms with E-state index in [1.54, 1.807) is 24.4 Å². The number of rotatable bonds is 6. The number of amides is 1. The van der Waals surface area contributed by atoms with Crippen LogP contribution >= 0.6 is 11.3 Å². The van der Waals surface area contributed by atoms with Crippen LogP contribution in [-0.2, 0) is 19.6 Å². The number of nitrogens with zero attached hydrogens (tertiary/aromatic N) is 2. The van der Waals surface area contributed by atoms with Crippen LogP contribution in [0.4, 0.5) is 5.69 Å². The van der Waals surface area contributed by atoms with Crippen LogP contribution in [0.25, 0.3) is 0 Å². The van der Waals surface area contributed by atoms with Gasteiger partial charge in [0.25, 0.3) is 0 Å². The van der Waals surface area contributed by atoms with Gasteiger partial charge in [-0.1, -0.05) is 12.1 Å². The van der Waals surface area contributed by atoms with E-state index in [2.05, 4.69) is 5.32 Å². The van der Waals surface area contributed by atoms with Crippen molar-refractivity contribution in [3.8, 4) is 0 Å². The van der Waals surface area contributed by atoms with Gasteiger partial charge < -0.3 is 10.1 Å². The van der Waals surface area contributed by atoms with Crippen LogP contribution in [0.3, 0.4) is 0 Å². The summed E-state index contributed by atoms with van der Waals surface area (Å²) in [7, 11) is -2.28. The Morgan fingerprint density at radius 1 is 1.13 bits per heavy atom. The zero-order chi connectivity index (χ0) is 21.9. The summed E-state index contributed by atoms with van der Waals surface area (Å²) >= 11 is 1.20. The number of ether oxygens (including phenoxy) is 1. The van der Waals surface area contributed by atoms with Gasteiger partial charge in [0.2, 0.25) is 15.9 Å². The lowest BCUT2D eigenvalue weighted by atomic mass is 10.2. The lowest BCUT2D eigenvalue weighted by Crippen LogP contribution is -2.50. The van der Waals surface area contributed by atoms with Crippen molar-refractivity contribution in [2.75, 3.05) is 45.2 Å². The number of methoxy groups -OCH3 is 1. The molecule has 2 heterocycles. The first kappa shape index (κ1) is 22.4. The van der Waals surface area contributed by atoms with E-state index in [9.17, 15) is 18.0 Å². The molecule has 0 radical (unpaired) electrons. The number of benzene rings is 1. The Balaban J connectivity index is 1.58. The largest absolute Gasteiger partial charge is 0.465 e. The van der Waals surface area contributed by atoms with Gasteiger partial charge in [-0.2, -0.15) is 4.31 Å². The minimum Gasteiger partial charge on any atom is -0.465 e. The second kappa shape index (κ2) is 9.25. The molecule has 1 N–H and O–H groups in total. The van der Waals surface area contributed by atoms with E-state index < -0.39 is 16.0 Å². The predicted octanol–water partition coefficient (Wildman–Crippen LogP) is 2.10. The fourth-order valence-electron chi connectivity index (χ4n) is 3.30. The summed E-state index contributed by atoms with van der Waals surface area (Å²) in [5.41, 5.74) is 2.04. The van der Waals surface area contributed by atoms with Gasteiger partial charge in [-0.15, -0.1) is 11.3 Å². The molecule has 0 unspecified atom stereocenters. The van der Waals surface area contributed by atoms with Crippen molar-refractivity contribution in [1.29, 1.82) is 0 Å². The number of nitrogens with one attached hydrogen (secondary N) is 1. The molecule has 0 spiro atoms. The van der Waals surface area contributed by atoms with Crippen molar-refractivity contribution in [2.24, 2.45) is 0 Å². The highest BCUT2D eigenvalue weighted by atomic mass is 32.2. The molecule has 1 aliphatic rings. The molecular formula is C20H25N3O5S2. The Labute approximate surface area is 180 Å². The number of carbonyl (C=O) groups excluding carboxylic acids is 2. The van der Waals surface area contributed by atoms with Gasteiger partial charge in [0.1, 0.15) is 4.88 Å². The smallest absolute Gasteiger partial charge is 0.350 e. The molecule has 0 saturated carbocycles. The quantitative estimate of drug-likeness (QED) is 0.676. The molecule has 1 aromatic carbocycles. The van der Waals surface area contributed by atoms with E-state index in [0.717, 1.165) is 11.1 Å². The normalized spacial score (nSPS) is 15.7. The molecule has 1 aliphatic heterocycles. The van der Waals surface area contributed by atoms with Crippen molar-refractivity contribution in [3.63, 3.8) is 0 Å². The average molecular weight is 452 g/mol. The molecule has 0 atom stereocenters. The summed E-state index contributed by atoms with van der Waals surface area (Å²) in [6.07, 6.45) is 0. The fourth-order valence-corrected chi connectivity index (χ4v) is 5.80. The number of aryl methyl sites for hydroxylation is 2.